The van der Waals surface area contributed by atoms with E-state index in [-0.39, 0.29) is 24.0 Å². The second kappa shape index (κ2) is 11.0. The van der Waals surface area contributed by atoms with Gasteiger partial charge in [0.2, 0.25) is 0 Å². The molecule has 2 N–H and O–H groups in total. The van der Waals surface area contributed by atoms with Gasteiger partial charge in [0.05, 0.1) is 5.69 Å². The van der Waals surface area contributed by atoms with Crippen molar-refractivity contribution >= 4 is 29.9 Å². The highest BCUT2D eigenvalue weighted by Crippen LogP contribution is 2.07. The van der Waals surface area contributed by atoms with E-state index in [0.717, 1.165) is 24.7 Å². The van der Waals surface area contributed by atoms with Gasteiger partial charge < -0.3 is 10.6 Å². The van der Waals surface area contributed by atoms with Gasteiger partial charge in [0.1, 0.15) is 12.7 Å². The number of hydrogen-bond acceptors (Lipinski definition) is 3. The normalized spacial score (nSPS) is 11.0. The molecule has 0 saturated carbocycles. The van der Waals surface area contributed by atoms with Crippen LogP contribution in [0.1, 0.15) is 31.7 Å². The highest BCUT2D eigenvalue weighted by molar-refractivity contribution is 14.0. The first-order valence-electron chi connectivity index (χ1n) is 7.72. The smallest absolute Gasteiger partial charge is 0.191 e. The minimum atomic E-state index is 0. The highest BCUT2D eigenvalue weighted by atomic mass is 127. The third-order valence-electron chi connectivity index (χ3n) is 3.38. The molecular formula is C16H25IN6. The van der Waals surface area contributed by atoms with E-state index in [9.17, 15) is 0 Å². The van der Waals surface area contributed by atoms with Gasteiger partial charge >= 0.3 is 0 Å². The molecule has 1 heterocycles. The third kappa shape index (κ3) is 6.55. The lowest BCUT2D eigenvalue weighted by Crippen LogP contribution is -2.37. The molecule has 126 valence electrons. The first-order valence-corrected chi connectivity index (χ1v) is 7.72. The van der Waals surface area contributed by atoms with E-state index < -0.39 is 0 Å². The number of nitrogens with zero attached hydrogens (tertiary/aromatic N) is 4. The van der Waals surface area contributed by atoms with Crippen LogP contribution >= 0.6 is 24.0 Å². The van der Waals surface area contributed by atoms with Gasteiger partial charge in [-0.25, -0.2) is 9.67 Å². The van der Waals surface area contributed by atoms with Gasteiger partial charge in [0.15, 0.2) is 5.96 Å². The lowest BCUT2D eigenvalue weighted by molar-refractivity contribution is 0.683. The molecule has 0 amide bonds. The van der Waals surface area contributed by atoms with E-state index in [0.29, 0.717) is 0 Å². The van der Waals surface area contributed by atoms with Crippen molar-refractivity contribution in [1.29, 1.82) is 0 Å². The molecule has 0 aliphatic carbocycles. The van der Waals surface area contributed by atoms with Crippen LogP contribution in [0.25, 0.3) is 5.69 Å². The van der Waals surface area contributed by atoms with E-state index in [1.54, 1.807) is 18.1 Å². The number of aromatic nitrogens is 3. The zero-order chi connectivity index (χ0) is 15.6. The predicted molar refractivity (Wildman–Crippen MR) is 105 cm³/mol. The van der Waals surface area contributed by atoms with Crippen LogP contribution in [0.15, 0.2) is 41.9 Å². The number of halogens is 1. The summed E-state index contributed by atoms with van der Waals surface area (Å²) in [7, 11) is 1.79. The molecule has 0 fully saturated rings. The van der Waals surface area contributed by atoms with Crippen LogP contribution in [0.2, 0.25) is 0 Å². The summed E-state index contributed by atoms with van der Waals surface area (Å²) in [6.07, 6.45) is 6.86. The van der Waals surface area contributed by atoms with Crippen molar-refractivity contribution in [3.63, 3.8) is 0 Å². The molecule has 1 aromatic heterocycles. The molecule has 2 rings (SSSR count). The van der Waals surface area contributed by atoms with Gasteiger partial charge in [-0.05, 0) is 24.1 Å². The van der Waals surface area contributed by atoms with Gasteiger partial charge in [-0.3, -0.25) is 4.99 Å². The summed E-state index contributed by atoms with van der Waals surface area (Å²) < 4.78 is 1.74. The van der Waals surface area contributed by atoms with Crippen molar-refractivity contribution < 1.29 is 0 Å². The van der Waals surface area contributed by atoms with Crippen LogP contribution in [-0.4, -0.2) is 34.3 Å². The summed E-state index contributed by atoms with van der Waals surface area (Å²) in [6, 6.07) is 8.22. The molecule has 1 aromatic carbocycles. The van der Waals surface area contributed by atoms with Crippen LogP contribution in [-0.2, 0) is 6.54 Å². The minimum absolute atomic E-state index is 0. The molecule has 2 aromatic rings. The first kappa shape index (κ1) is 19.4. The van der Waals surface area contributed by atoms with E-state index in [4.69, 9.17) is 0 Å². The van der Waals surface area contributed by atoms with Crippen molar-refractivity contribution in [2.45, 2.75) is 32.7 Å². The Labute approximate surface area is 154 Å². The van der Waals surface area contributed by atoms with E-state index in [1.807, 2.05) is 12.1 Å². The van der Waals surface area contributed by atoms with E-state index in [1.165, 1.54) is 31.2 Å². The predicted octanol–water partition coefficient (Wildman–Crippen LogP) is 2.74. The number of hydrogen-bond donors (Lipinski definition) is 2. The number of nitrogens with one attached hydrogen (secondary N) is 2. The number of aliphatic imine (C=N–C) groups is 1. The molecule has 23 heavy (non-hydrogen) atoms. The Kier molecular flexibility index (Phi) is 9.27. The summed E-state index contributed by atoms with van der Waals surface area (Å²) in [5.74, 6) is 0.844. The molecule has 0 saturated heterocycles. The molecule has 0 aliphatic heterocycles. The van der Waals surface area contributed by atoms with Gasteiger partial charge in [-0.15, -0.1) is 24.0 Å². The lowest BCUT2D eigenvalue weighted by atomic mass is 10.2. The maximum absolute atomic E-state index is 4.23. The number of rotatable bonds is 7. The minimum Gasteiger partial charge on any atom is -0.356 e. The van der Waals surface area contributed by atoms with Crippen molar-refractivity contribution in [2.24, 2.45) is 4.99 Å². The van der Waals surface area contributed by atoms with Crippen LogP contribution < -0.4 is 10.6 Å². The molecular weight excluding hydrogens is 403 g/mol. The van der Waals surface area contributed by atoms with Crippen molar-refractivity contribution in [1.82, 2.24) is 25.4 Å². The topological polar surface area (TPSA) is 67.1 Å². The molecule has 0 aliphatic rings. The number of unbranched alkanes of at least 4 members (excludes halogenated alkanes) is 2. The van der Waals surface area contributed by atoms with Gasteiger partial charge in [-0.1, -0.05) is 31.9 Å². The van der Waals surface area contributed by atoms with Crippen LogP contribution in [0.5, 0.6) is 0 Å². The summed E-state index contributed by atoms with van der Waals surface area (Å²) in [5, 5.41) is 10.8. The average Bonchev–Trinajstić information content (AvgIpc) is 3.09. The maximum Gasteiger partial charge on any atom is 0.191 e. The second-order valence-electron chi connectivity index (χ2n) is 5.07. The molecule has 7 heteroatoms. The fourth-order valence-corrected chi connectivity index (χ4v) is 2.10. The van der Waals surface area contributed by atoms with Crippen LogP contribution in [0.3, 0.4) is 0 Å². The highest BCUT2D eigenvalue weighted by Gasteiger charge is 2.00. The Bertz CT molecular complexity index is 565. The fourth-order valence-electron chi connectivity index (χ4n) is 2.10. The molecule has 0 radical (unpaired) electrons. The van der Waals surface area contributed by atoms with Gasteiger partial charge in [0, 0.05) is 20.1 Å². The second-order valence-corrected chi connectivity index (χ2v) is 5.07. The molecule has 0 spiro atoms. The average molecular weight is 428 g/mol. The molecule has 0 atom stereocenters. The lowest BCUT2D eigenvalue weighted by Gasteiger charge is -2.12. The fraction of sp³-hybridized carbons (Fsp3) is 0.438. The van der Waals surface area contributed by atoms with Crippen LogP contribution in [0, 0.1) is 0 Å². The van der Waals surface area contributed by atoms with Gasteiger partial charge in [-0.2, -0.15) is 5.10 Å². The Balaban J connectivity index is 0.00000264. The van der Waals surface area contributed by atoms with Crippen molar-refractivity contribution in [2.75, 3.05) is 13.6 Å². The first-order chi connectivity index (χ1) is 10.8. The van der Waals surface area contributed by atoms with E-state index >= 15 is 0 Å². The summed E-state index contributed by atoms with van der Waals surface area (Å²) in [5.41, 5.74) is 2.20. The SMILES string of the molecule is CCCCCNC(=NC)NCc1ccc(-n2cncn2)cc1.I. The Morgan fingerprint density at radius 3 is 2.57 bits per heavy atom. The quantitative estimate of drug-likeness (QED) is 0.308. The number of guanidine groups is 1. The summed E-state index contributed by atoms with van der Waals surface area (Å²) in [4.78, 5) is 8.18. The third-order valence-corrected chi connectivity index (χ3v) is 3.38. The molecule has 6 nitrogen and oxygen atoms in total. The van der Waals surface area contributed by atoms with E-state index in [2.05, 4.69) is 44.8 Å². The maximum atomic E-state index is 4.23. The largest absolute Gasteiger partial charge is 0.356 e. The Morgan fingerprint density at radius 1 is 1.17 bits per heavy atom. The summed E-state index contributed by atoms with van der Waals surface area (Å²) >= 11 is 0. The van der Waals surface area contributed by atoms with Crippen LogP contribution in [0.4, 0.5) is 0 Å². The summed E-state index contributed by atoms with van der Waals surface area (Å²) in [6.45, 7) is 3.90. The van der Waals surface area contributed by atoms with Crippen molar-refractivity contribution in [3.8, 4) is 5.69 Å². The monoisotopic (exact) mass is 428 g/mol. The Morgan fingerprint density at radius 2 is 1.96 bits per heavy atom. The Hall–Kier alpha value is -1.64. The zero-order valence-electron chi connectivity index (χ0n) is 13.7. The zero-order valence-corrected chi connectivity index (χ0v) is 16.0. The standard InChI is InChI=1S/C16H24N6.HI/c1-3-4-5-10-19-16(17-2)20-11-14-6-8-15(9-7-14)22-13-18-12-21-22;/h6-9,12-13H,3-5,10-11H2,1-2H3,(H2,17,19,20);1H. The van der Waals surface area contributed by atoms with Gasteiger partial charge in [0.25, 0.3) is 0 Å². The molecule has 0 bridgehead atoms. The number of benzene rings is 1. The van der Waals surface area contributed by atoms with Crippen molar-refractivity contribution in [3.05, 3.63) is 42.5 Å². The molecule has 0 unspecified atom stereocenters.